The highest BCUT2D eigenvalue weighted by molar-refractivity contribution is 5.63. The van der Waals surface area contributed by atoms with Crippen LogP contribution in [0.1, 0.15) is 56.7 Å². The van der Waals surface area contributed by atoms with Gasteiger partial charge in [0.1, 0.15) is 0 Å². The van der Waals surface area contributed by atoms with Crippen LogP contribution in [0.2, 0.25) is 0 Å². The van der Waals surface area contributed by atoms with Crippen LogP contribution in [0.3, 0.4) is 0 Å². The van der Waals surface area contributed by atoms with Crippen LogP contribution in [-0.4, -0.2) is 26.8 Å². The molecule has 6 heteroatoms. The first kappa shape index (κ1) is 17.9. The second-order valence-corrected chi connectivity index (χ2v) is 7.74. The highest BCUT2D eigenvalue weighted by atomic mass is 16.5. The maximum atomic E-state index is 5.59. The lowest BCUT2D eigenvalue weighted by Gasteiger charge is -2.21. The average Bonchev–Trinajstić information content (AvgIpc) is 3.36. The number of rotatable bonds is 5. The molecule has 6 nitrogen and oxygen atoms in total. The molecule has 0 radical (unpaired) electrons. The molecule has 1 saturated heterocycles. The summed E-state index contributed by atoms with van der Waals surface area (Å²) < 4.78 is 7.79. The fourth-order valence-electron chi connectivity index (χ4n) is 3.88. The summed E-state index contributed by atoms with van der Waals surface area (Å²) in [5.41, 5.74) is 11.1. The predicted molar refractivity (Wildman–Crippen MR) is 105 cm³/mol. The first-order valence-electron chi connectivity index (χ1n) is 9.61. The van der Waals surface area contributed by atoms with E-state index in [1.54, 1.807) is 0 Å². The molecule has 1 aromatic carbocycles. The van der Waals surface area contributed by atoms with Crippen LogP contribution < -0.4 is 10.9 Å². The van der Waals surface area contributed by atoms with Gasteiger partial charge >= 0.3 is 0 Å². The monoisotopic (exact) mass is 365 g/mol. The molecule has 2 unspecified atom stereocenters. The van der Waals surface area contributed by atoms with Gasteiger partial charge in [-0.05, 0) is 19.8 Å². The number of imidazole rings is 1. The average molecular weight is 365 g/mol. The van der Waals surface area contributed by atoms with Crippen molar-refractivity contribution in [1.82, 2.24) is 25.6 Å². The van der Waals surface area contributed by atoms with Crippen LogP contribution in [0.4, 0.5) is 0 Å². The minimum Gasteiger partial charge on any atom is -0.359 e. The van der Waals surface area contributed by atoms with Crippen LogP contribution >= 0.6 is 0 Å². The molecule has 142 valence electrons. The van der Waals surface area contributed by atoms with Crippen molar-refractivity contribution in [1.29, 1.82) is 0 Å². The largest absolute Gasteiger partial charge is 0.359 e. The third-order valence-electron chi connectivity index (χ3n) is 5.35. The van der Waals surface area contributed by atoms with E-state index in [9.17, 15) is 0 Å². The van der Waals surface area contributed by atoms with E-state index in [0.717, 1.165) is 22.7 Å². The van der Waals surface area contributed by atoms with E-state index in [4.69, 9.17) is 9.51 Å². The van der Waals surface area contributed by atoms with Crippen molar-refractivity contribution >= 4 is 0 Å². The number of benzene rings is 1. The van der Waals surface area contributed by atoms with Gasteiger partial charge in [0.2, 0.25) is 0 Å². The van der Waals surface area contributed by atoms with Gasteiger partial charge in [-0.25, -0.2) is 4.98 Å². The van der Waals surface area contributed by atoms with E-state index < -0.39 is 0 Å². The lowest BCUT2D eigenvalue weighted by Crippen LogP contribution is -2.30. The maximum Gasteiger partial charge on any atom is 0.156 e. The summed E-state index contributed by atoms with van der Waals surface area (Å²) >= 11 is 0. The lowest BCUT2D eigenvalue weighted by molar-refractivity contribution is 0.365. The second kappa shape index (κ2) is 7.29. The van der Waals surface area contributed by atoms with Crippen molar-refractivity contribution in [2.75, 3.05) is 0 Å². The molecule has 4 rings (SSSR count). The number of nitrogens with zero attached hydrogens (tertiary/aromatic N) is 3. The highest BCUT2D eigenvalue weighted by Gasteiger charge is 2.36. The zero-order chi connectivity index (χ0) is 19.0. The van der Waals surface area contributed by atoms with Crippen LogP contribution in [0.15, 0.2) is 47.2 Å². The van der Waals surface area contributed by atoms with Crippen molar-refractivity contribution in [3.63, 3.8) is 0 Å². The Bertz CT molecular complexity index is 888. The Balaban J connectivity index is 1.76. The van der Waals surface area contributed by atoms with Crippen molar-refractivity contribution in [3.8, 4) is 11.3 Å². The lowest BCUT2D eigenvalue weighted by atomic mass is 9.90. The van der Waals surface area contributed by atoms with Gasteiger partial charge in [-0.3, -0.25) is 10.9 Å². The van der Waals surface area contributed by atoms with Gasteiger partial charge in [0, 0.05) is 29.6 Å². The molecular formula is C21H27N5O. The molecule has 0 amide bonds. The van der Waals surface area contributed by atoms with Gasteiger partial charge in [0.25, 0.3) is 0 Å². The number of hydrazine groups is 1. The van der Waals surface area contributed by atoms with Crippen LogP contribution in [0.25, 0.3) is 11.3 Å². The molecule has 0 aliphatic carbocycles. The fraction of sp³-hybridized carbons (Fsp3) is 0.429. The minimum atomic E-state index is 0.301. The molecule has 0 bridgehead atoms. The first-order chi connectivity index (χ1) is 13.0. The standard InChI is InChI=1S/C21H27N5O/c1-13(2)18-10-17(27-25-18)11-26-12-22-20(16-8-6-5-7-9-16)21(26)19-14(3)23-24-15(19)4/h5-10,12-15,19,23-24H,11H2,1-4H3. The van der Waals surface area contributed by atoms with Gasteiger partial charge in [0.05, 0.1) is 30.0 Å². The Labute approximate surface area is 159 Å². The molecule has 3 aromatic rings. The quantitative estimate of drug-likeness (QED) is 0.722. The molecule has 0 saturated carbocycles. The molecule has 2 N–H and O–H groups in total. The number of aromatic nitrogens is 3. The summed E-state index contributed by atoms with van der Waals surface area (Å²) in [6, 6.07) is 13.0. The predicted octanol–water partition coefficient (Wildman–Crippen LogP) is 3.68. The van der Waals surface area contributed by atoms with Gasteiger partial charge in [-0.1, -0.05) is 49.3 Å². The third kappa shape index (κ3) is 3.42. The van der Waals surface area contributed by atoms with Crippen LogP contribution in [-0.2, 0) is 6.54 Å². The van der Waals surface area contributed by atoms with Gasteiger partial charge in [-0.2, -0.15) is 0 Å². The number of nitrogens with one attached hydrogen (secondary N) is 2. The molecule has 1 aliphatic heterocycles. The van der Waals surface area contributed by atoms with Crippen molar-refractivity contribution < 1.29 is 4.52 Å². The smallest absolute Gasteiger partial charge is 0.156 e. The topological polar surface area (TPSA) is 67.9 Å². The first-order valence-corrected chi connectivity index (χ1v) is 9.61. The van der Waals surface area contributed by atoms with Crippen molar-refractivity contribution in [2.45, 2.75) is 58.2 Å². The van der Waals surface area contributed by atoms with Crippen LogP contribution in [0.5, 0.6) is 0 Å². The molecule has 27 heavy (non-hydrogen) atoms. The number of hydrogen-bond acceptors (Lipinski definition) is 5. The summed E-state index contributed by atoms with van der Waals surface area (Å²) in [6.45, 7) is 9.29. The Morgan fingerprint density at radius 2 is 1.81 bits per heavy atom. The molecule has 1 fully saturated rings. The summed E-state index contributed by atoms with van der Waals surface area (Å²) in [4.78, 5) is 4.78. The SMILES string of the molecule is CC(C)c1cc(Cn2cnc(-c3ccccc3)c2C2C(C)NNC2C)on1. The summed E-state index contributed by atoms with van der Waals surface area (Å²) in [7, 11) is 0. The van der Waals surface area contributed by atoms with Crippen LogP contribution in [0, 0.1) is 0 Å². The maximum absolute atomic E-state index is 5.59. The van der Waals surface area contributed by atoms with E-state index in [0.29, 0.717) is 30.5 Å². The highest BCUT2D eigenvalue weighted by Crippen LogP contribution is 2.35. The summed E-state index contributed by atoms with van der Waals surface area (Å²) in [5, 5.41) is 4.20. The number of hydrogen-bond donors (Lipinski definition) is 2. The fourth-order valence-corrected chi connectivity index (χ4v) is 3.88. The van der Waals surface area contributed by atoms with Gasteiger partial charge < -0.3 is 9.09 Å². The Kier molecular flexibility index (Phi) is 4.85. The zero-order valence-electron chi connectivity index (χ0n) is 16.3. The normalized spacial score (nSPS) is 22.6. The van der Waals surface area contributed by atoms with E-state index in [2.05, 4.69) is 78.6 Å². The molecule has 2 atom stereocenters. The molecule has 2 aromatic heterocycles. The minimum absolute atomic E-state index is 0.301. The molecule has 1 aliphatic rings. The van der Waals surface area contributed by atoms with Gasteiger partial charge in [0.15, 0.2) is 5.76 Å². The molecular weight excluding hydrogens is 338 g/mol. The van der Waals surface area contributed by atoms with E-state index in [1.165, 1.54) is 5.69 Å². The van der Waals surface area contributed by atoms with E-state index in [-0.39, 0.29) is 0 Å². The van der Waals surface area contributed by atoms with Gasteiger partial charge in [-0.15, -0.1) is 0 Å². The van der Waals surface area contributed by atoms with E-state index in [1.807, 2.05) is 12.4 Å². The van der Waals surface area contributed by atoms with Crippen molar-refractivity contribution in [2.24, 2.45) is 0 Å². The third-order valence-corrected chi connectivity index (χ3v) is 5.35. The molecule has 0 spiro atoms. The van der Waals surface area contributed by atoms with Crippen molar-refractivity contribution in [3.05, 3.63) is 59.9 Å². The Hall–Kier alpha value is -2.44. The Morgan fingerprint density at radius 3 is 2.44 bits per heavy atom. The second-order valence-electron chi connectivity index (χ2n) is 7.74. The zero-order valence-corrected chi connectivity index (χ0v) is 16.3. The molecule has 3 heterocycles. The summed E-state index contributed by atoms with van der Waals surface area (Å²) in [6.07, 6.45) is 1.92. The summed E-state index contributed by atoms with van der Waals surface area (Å²) in [5.74, 6) is 1.51. The Morgan fingerprint density at radius 1 is 1.11 bits per heavy atom. The van der Waals surface area contributed by atoms with E-state index >= 15 is 0 Å².